The molecule has 2 atom stereocenters. The molecule has 0 aromatic heterocycles. The molecule has 1 amide bonds. The molecule has 1 aliphatic carbocycles. The van der Waals surface area contributed by atoms with E-state index < -0.39 is 0 Å². The van der Waals surface area contributed by atoms with E-state index in [0.29, 0.717) is 6.04 Å². The summed E-state index contributed by atoms with van der Waals surface area (Å²) in [5.74, 6) is 0.0205. The summed E-state index contributed by atoms with van der Waals surface area (Å²) in [7, 11) is 0. The van der Waals surface area contributed by atoms with Crippen LogP contribution in [0, 0.1) is 0 Å². The zero-order valence-electron chi connectivity index (χ0n) is 15.6. The first-order valence-corrected chi connectivity index (χ1v) is 9.87. The number of amides is 1. The highest BCUT2D eigenvalue weighted by atomic mass is 16.5. The maximum Gasteiger partial charge on any atom is 0.251 e. The van der Waals surface area contributed by atoms with Crippen molar-refractivity contribution in [3.8, 4) is 0 Å². The number of hydrogen-bond acceptors (Lipinski definition) is 3. The topological polar surface area (TPSA) is 50.4 Å². The molecule has 138 valence electrons. The van der Waals surface area contributed by atoms with Gasteiger partial charge in [0.1, 0.15) is 0 Å². The van der Waals surface area contributed by atoms with Gasteiger partial charge in [0.2, 0.25) is 0 Å². The third kappa shape index (κ3) is 4.83. The predicted octanol–water partition coefficient (Wildman–Crippen LogP) is 3.80. The summed E-state index contributed by atoms with van der Waals surface area (Å²) in [5, 5.41) is 6.73. The van der Waals surface area contributed by atoms with Gasteiger partial charge in [0, 0.05) is 30.8 Å². The standard InChI is InChI=1S/C21H32N2O2/c1-3-16(2)23-20(24)18-8-6-7-17(13-18)15-22-19-9-12-25-21(14-19)10-4-5-11-21/h6-8,13,16,19,22H,3-5,9-12,14-15H2,1-2H3,(H,23,24). The van der Waals surface area contributed by atoms with Crippen LogP contribution in [0.4, 0.5) is 0 Å². The number of carbonyl (C=O) groups is 1. The molecule has 2 fully saturated rings. The summed E-state index contributed by atoms with van der Waals surface area (Å²) >= 11 is 0. The van der Waals surface area contributed by atoms with Crippen molar-refractivity contribution >= 4 is 5.91 Å². The summed E-state index contributed by atoms with van der Waals surface area (Å²) in [5.41, 5.74) is 2.07. The lowest BCUT2D eigenvalue weighted by Gasteiger charge is -2.38. The lowest BCUT2D eigenvalue weighted by molar-refractivity contribution is -0.0837. The Bertz CT molecular complexity index is 581. The van der Waals surface area contributed by atoms with E-state index in [9.17, 15) is 4.79 Å². The first kappa shape index (κ1) is 18.4. The number of benzene rings is 1. The molecule has 1 aromatic carbocycles. The molecule has 1 aliphatic heterocycles. The fourth-order valence-corrected chi connectivity index (χ4v) is 4.06. The predicted molar refractivity (Wildman–Crippen MR) is 101 cm³/mol. The molecule has 4 nitrogen and oxygen atoms in total. The monoisotopic (exact) mass is 344 g/mol. The van der Waals surface area contributed by atoms with Crippen LogP contribution >= 0.6 is 0 Å². The quantitative estimate of drug-likeness (QED) is 0.825. The van der Waals surface area contributed by atoms with Gasteiger partial charge in [-0.1, -0.05) is 31.9 Å². The third-order valence-corrected chi connectivity index (χ3v) is 5.78. The fourth-order valence-electron chi connectivity index (χ4n) is 4.06. The Labute approximate surface area is 151 Å². The molecule has 2 aliphatic rings. The molecule has 25 heavy (non-hydrogen) atoms. The van der Waals surface area contributed by atoms with Crippen LogP contribution in [0.3, 0.4) is 0 Å². The Balaban J connectivity index is 1.54. The van der Waals surface area contributed by atoms with Gasteiger partial charge in [-0.05, 0) is 56.7 Å². The van der Waals surface area contributed by atoms with Crippen molar-refractivity contribution in [3.63, 3.8) is 0 Å². The van der Waals surface area contributed by atoms with Crippen LogP contribution in [0.25, 0.3) is 0 Å². The zero-order chi connectivity index (χ0) is 17.7. The Hall–Kier alpha value is -1.39. The van der Waals surface area contributed by atoms with Gasteiger partial charge in [-0.15, -0.1) is 0 Å². The van der Waals surface area contributed by atoms with E-state index in [2.05, 4.69) is 23.6 Å². The van der Waals surface area contributed by atoms with Crippen molar-refractivity contribution in [3.05, 3.63) is 35.4 Å². The zero-order valence-corrected chi connectivity index (χ0v) is 15.6. The van der Waals surface area contributed by atoms with E-state index in [1.165, 1.54) is 31.2 Å². The molecule has 1 saturated carbocycles. The molecule has 1 saturated heterocycles. The van der Waals surface area contributed by atoms with Crippen LogP contribution in [0.2, 0.25) is 0 Å². The Kier molecular flexibility index (Phi) is 6.13. The van der Waals surface area contributed by atoms with Gasteiger partial charge in [-0.3, -0.25) is 4.79 Å². The van der Waals surface area contributed by atoms with E-state index in [4.69, 9.17) is 4.74 Å². The van der Waals surface area contributed by atoms with E-state index in [1.54, 1.807) is 0 Å². The second kappa shape index (κ2) is 8.33. The first-order valence-electron chi connectivity index (χ1n) is 9.87. The molecule has 0 radical (unpaired) electrons. The average molecular weight is 344 g/mol. The Morgan fingerprint density at radius 3 is 2.92 bits per heavy atom. The lowest BCUT2D eigenvalue weighted by atomic mass is 9.89. The van der Waals surface area contributed by atoms with Crippen LogP contribution < -0.4 is 10.6 Å². The number of hydrogen-bond donors (Lipinski definition) is 2. The normalized spacial score (nSPS) is 23.5. The van der Waals surface area contributed by atoms with Crippen molar-refractivity contribution in [1.29, 1.82) is 0 Å². The summed E-state index contributed by atoms with van der Waals surface area (Å²) in [6.45, 7) is 5.80. The van der Waals surface area contributed by atoms with Crippen molar-refractivity contribution < 1.29 is 9.53 Å². The highest BCUT2D eigenvalue weighted by Gasteiger charge is 2.39. The largest absolute Gasteiger partial charge is 0.375 e. The van der Waals surface area contributed by atoms with E-state index >= 15 is 0 Å². The maximum atomic E-state index is 12.3. The average Bonchev–Trinajstić information content (AvgIpc) is 3.07. The molecule has 1 heterocycles. The molecule has 0 bridgehead atoms. The van der Waals surface area contributed by atoms with Gasteiger partial charge < -0.3 is 15.4 Å². The molecule has 2 unspecified atom stereocenters. The van der Waals surface area contributed by atoms with Crippen LogP contribution in [0.5, 0.6) is 0 Å². The van der Waals surface area contributed by atoms with Gasteiger partial charge in [-0.2, -0.15) is 0 Å². The number of nitrogens with one attached hydrogen (secondary N) is 2. The van der Waals surface area contributed by atoms with Crippen molar-refractivity contribution in [2.45, 2.75) is 83.0 Å². The van der Waals surface area contributed by atoms with Crippen molar-refractivity contribution in [2.24, 2.45) is 0 Å². The third-order valence-electron chi connectivity index (χ3n) is 5.78. The van der Waals surface area contributed by atoms with Gasteiger partial charge in [-0.25, -0.2) is 0 Å². The number of ether oxygens (including phenoxy) is 1. The van der Waals surface area contributed by atoms with Gasteiger partial charge in [0.25, 0.3) is 5.91 Å². The van der Waals surface area contributed by atoms with Crippen LogP contribution in [0.1, 0.15) is 74.7 Å². The Morgan fingerprint density at radius 1 is 1.36 bits per heavy atom. The summed E-state index contributed by atoms with van der Waals surface area (Å²) in [6, 6.07) is 8.70. The van der Waals surface area contributed by atoms with Crippen LogP contribution in [-0.2, 0) is 11.3 Å². The molecule has 4 heteroatoms. The molecule has 1 spiro atoms. The minimum absolute atomic E-state index is 0.0205. The SMILES string of the molecule is CCC(C)NC(=O)c1cccc(CNC2CCOC3(CCCC3)C2)c1. The molecule has 1 aromatic rings. The number of rotatable bonds is 6. The number of carbonyl (C=O) groups excluding carboxylic acids is 1. The van der Waals surface area contributed by atoms with Gasteiger partial charge >= 0.3 is 0 Å². The summed E-state index contributed by atoms with van der Waals surface area (Å²) in [4.78, 5) is 12.3. The second-order valence-corrected chi connectivity index (χ2v) is 7.79. The smallest absolute Gasteiger partial charge is 0.251 e. The minimum Gasteiger partial charge on any atom is -0.375 e. The summed E-state index contributed by atoms with van der Waals surface area (Å²) < 4.78 is 6.11. The maximum absolute atomic E-state index is 12.3. The van der Waals surface area contributed by atoms with Crippen molar-refractivity contribution in [1.82, 2.24) is 10.6 Å². The van der Waals surface area contributed by atoms with Crippen LogP contribution in [-0.4, -0.2) is 30.2 Å². The van der Waals surface area contributed by atoms with Crippen LogP contribution in [0.15, 0.2) is 24.3 Å². The van der Waals surface area contributed by atoms with Crippen molar-refractivity contribution in [2.75, 3.05) is 6.61 Å². The second-order valence-electron chi connectivity index (χ2n) is 7.79. The molecular weight excluding hydrogens is 312 g/mol. The molecule has 2 N–H and O–H groups in total. The van der Waals surface area contributed by atoms with E-state index in [1.807, 2.05) is 25.1 Å². The van der Waals surface area contributed by atoms with E-state index in [-0.39, 0.29) is 17.6 Å². The first-order chi connectivity index (χ1) is 12.1. The minimum atomic E-state index is 0.0205. The highest BCUT2D eigenvalue weighted by Crippen LogP contribution is 2.39. The molecule has 3 rings (SSSR count). The highest BCUT2D eigenvalue weighted by molar-refractivity contribution is 5.94. The Morgan fingerprint density at radius 2 is 2.16 bits per heavy atom. The van der Waals surface area contributed by atoms with E-state index in [0.717, 1.165) is 38.0 Å². The summed E-state index contributed by atoms with van der Waals surface area (Å²) in [6.07, 6.45) is 8.20. The fraction of sp³-hybridized carbons (Fsp3) is 0.667. The lowest BCUT2D eigenvalue weighted by Crippen LogP contribution is -2.45. The van der Waals surface area contributed by atoms with Gasteiger partial charge in [0.15, 0.2) is 0 Å². The molecular formula is C21H32N2O2. The van der Waals surface area contributed by atoms with Gasteiger partial charge in [0.05, 0.1) is 5.60 Å².